The maximum atomic E-state index is 9.24. The lowest BCUT2D eigenvalue weighted by molar-refractivity contribution is 0.211. The van der Waals surface area contributed by atoms with E-state index in [1.165, 1.54) is 12.8 Å². The summed E-state index contributed by atoms with van der Waals surface area (Å²) in [6.07, 6.45) is 3.61. The van der Waals surface area contributed by atoms with Crippen LogP contribution in [0.15, 0.2) is 0 Å². The summed E-state index contributed by atoms with van der Waals surface area (Å²) >= 11 is 0. The van der Waals surface area contributed by atoms with E-state index in [2.05, 4.69) is 36.3 Å². The van der Waals surface area contributed by atoms with Crippen molar-refractivity contribution in [2.75, 3.05) is 47.4 Å². The summed E-state index contributed by atoms with van der Waals surface area (Å²) in [6, 6.07) is 0.971. The first-order chi connectivity index (χ1) is 7.61. The summed E-state index contributed by atoms with van der Waals surface area (Å²) in [5.74, 6) is 0. The Labute approximate surface area is 99.6 Å². The lowest BCUT2D eigenvalue weighted by Gasteiger charge is -2.22. The van der Waals surface area contributed by atoms with Crippen LogP contribution in [0.1, 0.15) is 19.3 Å². The minimum Gasteiger partial charge on any atom is -0.395 e. The molecule has 16 heavy (non-hydrogen) atoms. The van der Waals surface area contributed by atoms with Crippen LogP contribution in [0, 0.1) is 0 Å². The van der Waals surface area contributed by atoms with Crippen molar-refractivity contribution in [3.8, 4) is 0 Å². The van der Waals surface area contributed by atoms with Crippen LogP contribution >= 0.6 is 0 Å². The molecule has 0 aromatic rings. The van der Waals surface area contributed by atoms with Crippen LogP contribution in [0.25, 0.3) is 0 Å². The smallest absolute Gasteiger partial charge is 0.0585 e. The van der Waals surface area contributed by atoms with Gasteiger partial charge in [-0.05, 0) is 47.0 Å². The quantitative estimate of drug-likeness (QED) is 0.583. The molecule has 1 unspecified atom stereocenters. The zero-order chi connectivity index (χ0) is 12.0. The summed E-state index contributed by atoms with van der Waals surface area (Å²) in [7, 11) is 6.34. The first-order valence-electron chi connectivity index (χ1n) is 6.32. The molecule has 0 radical (unpaired) electrons. The largest absolute Gasteiger partial charge is 0.395 e. The fourth-order valence-electron chi connectivity index (χ4n) is 1.67. The van der Waals surface area contributed by atoms with Crippen molar-refractivity contribution in [1.29, 1.82) is 0 Å². The van der Waals surface area contributed by atoms with Gasteiger partial charge in [0.05, 0.1) is 6.61 Å². The van der Waals surface area contributed by atoms with Gasteiger partial charge in [0.1, 0.15) is 0 Å². The summed E-state index contributed by atoms with van der Waals surface area (Å²) in [5, 5.41) is 12.7. The Morgan fingerprint density at radius 2 is 1.88 bits per heavy atom. The zero-order valence-corrected chi connectivity index (χ0v) is 10.9. The lowest BCUT2D eigenvalue weighted by atomic mass is 10.2. The highest BCUT2D eigenvalue weighted by molar-refractivity contribution is 4.84. The molecule has 1 aliphatic carbocycles. The first-order valence-corrected chi connectivity index (χ1v) is 6.32. The van der Waals surface area contributed by atoms with E-state index in [-0.39, 0.29) is 12.6 Å². The van der Waals surface area contributed by atoms with Gasteiger partial charge in [-0.15, -0.1) is 0 Å². The number of hydrogen-bond donors (Lipinski definition) is 2. The first kappa shape index (κ1) is 13.9. The van der Waals surface area contributed by atoms with E-state index in [1.807, 2.05) is 0 Å². The van der Waals surface area contributed by atoms with Crippen molar-refractivity contribution >= 4 is 0 Å². The van der Waals surface area contributed by atoms with E-state index < -0.39 is 0 Å². The SMILES string of the molecule is CN(C)CCN(C)CCC(CO)NC1CC1. The average molecular weight is 229 g/mol. The molecule has 1 fully saturated rings. The number of aliphatic hydroxyl groups excluding tert-OH is 1. The summed E-state index contributed by atoms with van der Waals surface area (Å²) < 4.78 is 0. The molecule has 0 aromatic carbocycles. The van der Waals surface area contributed by atoms with Crippen LogP contribution in [0.4, 0.5) is 0 Å². The van der Waals surface area contributed by atoms with Gasteiger partial charge >= 0.3 is 0 Å². The number of hydrogen-bond acceptors (Lipinski definition) is 4. The topological polar surface area (TPSA) is 38.7 Å². The second kappa shape index (κ2) is 7.22. The summed E-state index contributed by atoms with van der Waals surface area (Å²) in [4.78, 5) is 4.53. The number of aliphatic hydroxyl groups is 1. The molecule has 0 spiro atoms. The molecule has 1 aliphatic rings. The van der Waals surface area contributed by atoms with Crippen LogP contribution in [-0.4, -0.2) is 74.4 Å². The third-order valence-electron chi connectivity index (χ3n) is 3.06. The van der Waals surface area contributed by atoms with Gasteiger partial charge in [0.25, 0.3) is 0 Å². The van der Waals surface area contributed by atoms with Crippen LogP contribution in [0.3, 0.4) is 0 Å². The summed E-state index contributed by atoms with van der Waals surface area (Å²) in [5.41, 5.74) is 0. The Bertz CT molecular complexity index is 183. The highest BCUT2D eigenvalue weighted by Crippen LogP contribution is 2.19. The maximum Gasteiger partial charge on any atom is 0.0585 e. The monoisotopic (exact) mass is 229 g/mol. The number of rotatable bonds is 9. The van der Waals surface area contributed by atoms with Gasteiger partial charge in [0, 0.05) is 25.2 Å². The number of nitrogens with one attached hydrogen (secondary N) is 1. The molecule has 96 valence electrons. The molecule has 4 nitrogen and oxygen atoms in total. The number of nitrogens with zero attached hydrogens (tertiary/aromatic N) is 2. The Hall–Kier alpha value is -0.160. The van der Waals surface area contributed by atoms with Crippen LogP contribution in [-0.2, 0) is 0 Å². The lowest BCUT2D eigenvalue weighted by Crippen LogP contribution is -2.38. The van der Waals surface area contributed by atoms with Crippen molar-refractivity contribution in [2.45, 2.75) is 31.3 Å². The molecule has 0 aliphatic heterocycles. The third-order valence-corrected chi connectivity index (χ3v) is 3.06. The van der Waals surface area contributed by atoms with E-state index in [4.69, 9.17) is 0 Å². The Morgan fingerprint density at radius 3 is 2.38 bits per heavy atom. The van der Waals surface area contributed by atoms with Gasteiger partial charge in [0.15, 0.2) is 0 Å². The maximum absolute atomic E-state index is 9.24. The minimum absolute atomic E-state index is 0.262. The van der Waals surface area contributed by atoms with Gasteiger partial charge in [-0.1, -0.05) is 0 Å². The second-order valence-electron chi connectivity index (χ2n) is 5.22. The van der Waals surface area contributed by atoms with E-state index in [1.54, 1.807) is 0 Å². The van der Waals surface area contributed by atoms with E-state index in [0.717, 1.165) is 26.1 Å². The fourth-order valence-corrected chi connectivity index (χ4v) is 1.67. The van der Waals surface area contributed by atoms with E-state index >= 15 is 0 Å². The van der Waals surface area contributed by atoms with E-state index in [0.29, 0.717) is 6.04 Å². The Balaban J connectivity index is 2.05. The molecule has 2 N–H and O–H groups in total. The van der Waals surface area contributed by atoms with Crippen molar-refractivity contribution < 1.29 is 5.11 Å². The number of likely N-dealkylation sites (N-methyl/N-ethyl adjacent to an activating group) is 2. The molecule has 4 heteroatoms. The average Bonchev–Trinajstić information content (AvgIpc) is 3.04. The molecule has 1 rings (SSSR count). The molecule has 0 heterocycles. The zero-order valence-electron chi connectivity index (χ0n) is 10.9. The standard InChI is InChI=1S/C12H27N3O/c1-14(2)8-9-15(3)7-6-12(10-16)13-11-4-5-11/h11-13,16H,4-10H2,1-3H3. The predicted octanol–water partition coefficient (Wildman–Crippen LogP) is -0.0172. The Kier molecular flexibility index (Phi) is 6.28. The Morgan fingerprint density at radius 1 is 1.19 bits per heavy atom. The molecular formula is C12H27N3O. The van der Waals surface area contributed by atoms with Gasteiger partial charge in [0.2, 0.25) is 0 Å². The van der Waals surface area contributed by atoms with Crippen molar-refractivity contribution in [2.24, 2.45) is 0 Å². The highest BCUT2D eigenvalue weighted by Gasteiger charge is 2.24. The fraction of sp³-hybridized carbons (Fsp3) is 1.00. The van der Waals surface area contributed by atoms with Gasteiger partial charge < -0.3 is 20.2 Å². The third kappa shape index (κ3) is 6.43. The highest BCUT2D eigenvalue weighted by atomic mass is 16.3. The van der Waals surface area contributed by atoms with Gasteiger partial charge in [-0.25, -0.2) is 0 Å². The second-order valence-corrected chi connectivity index (χ2v) is 5.22. The van der Waals surface area contributed by atoms with E-state index in [9.17, 15) is 5.11 Å². The van der Waals surface area contributed by atoms with Gasteiger partial charge in [-0.2, -0.15) is 0 Å². The van der Waals surface area contributed by atoms with Crippen molar-refractivity contribution in [1.82, 2.24) is 15.1 Å². The molecule has 0 saturated heterocycles. The normalized spacial score (nSPS) is 18.4. The van der Waals surface area contributed by atoms with Crippen LogP contribution in [0.2, 0.25) is 0 Å². The molecule has 1 saturated carbocycles. The molecule has 0 aromatic heterocycles. The minimum atomic E-state index is 0.262. The van der Waals surface area contributed by atoms with Crippen LogP contribution < -0.4 is 5.32 Å². The molecule has 1 atom stereocenters. The molecule has 0 bridgehead atoms. The summed E-state index contributed by atoms with van der Waals surface area (Å²) in [6.45, 7) is 3.50. The van der Waals surface area contributed by atoms with Gasteiger partial charge in [-0.3, -0.25) is 0 Å². The van der Waals surface area contributed by atoms with Crippen molar-refractivity contribution in [3.05, 3.63) is 0 Å². The molecule has 0 amide bonds. The molecular weight excluding hydrogens is 202 g/mol. The predicted molar refractivity (Wildman–Crippen MR) is 67.7 cm³/mol. The van der Waals surface area contributed by atoms with Crippen molar-refractivity contribution in [3.63, 3.8) is 0 Å². The van der Waals surface area contributed by atoms with Crippen LogP contribution in [0.5, 0.6) is 0 Å².